The Bertz CT molecular complexity index is 326. The number of nitrogens with one attached hydrogen (secondary N) is 1. The van der Waals surface area contributed by atoms with E-state index in [-0.39, 0.29) is 29.2 Å². The van der Waals surface area contributed by atoms with E-state index in [4.69, 9.17) is 5.73 Å². The van der Waals surface area contributed by atoms with Gasteiger partial charge < -0.3 is 11.1 Å². The fourth-order valence-electron chi connectivity index (χ4n) is 1.50. The second-order valence-electron chi connectivity index (χ2n) is 4.19. The molecule has 2 unspecified atom stereocenters. The molecule has 1 rings (SSSR count). The summed E-state index contributed by atoms with van der Waals surface area (Å²) < 4.78 is 22.3. The lowest BCUT2D eigenvalue weighted by molar-refractivity contribution is -0.124. The highest BCUT2D eigenvalue weighted by Crippen LogP contribution is 2.18. The zero-order chi connectivity index (χ0) is 11.5. The molecule has 1 aliphatic heterocycles. The average Bonchev–Trinajstić information content (AvgIpc) is 2.54. The highest BCUT2D eigenvalue weighted by Gasteiger charge is 2.32. The second kappa shape index (κ2) is 4.94. The molecule has 0 saturated carbocycles. The van der Waals surface area contributed by atoms with E-state index in [0.717, 1.165) is 0 Å². The summed E-state index contributed by atoms with van der Waals surface area (Å²) in [5.74, 6) is -0.156. The predicted octanol–water partition coefficient (Wildman–Crippen LogP) is -0.868. The van der Waals surface area contributed by atoms with Crippen molar-refractivity contribution in [2.45, 2.75) is 13.3 Å². The van der Waals surface area contributed by atoms with E-state index < -0.39 is 9.84 Å². The maximum absolute atomic E-state index is 11.5. The monoisotopic (exact) mass is 234 g/mol. The third-order valence-corrected chi connectivity index (χ3v) is 4.40. The number of carbonyl (C=O) groups is 1. The van der Waals surface area contributed by atoms with Gasteiger partial charge in [0.1, 0.15) is 0 Å². The summed E-state index contributed by atoms with van der Waals surface area (Å²) in [5.41, 5.74) is 5.41. The van der Waals surface area contributed by atoms with E-state index in [9.17, 15) is 13.2 Å². The van der Waals surface area contributed by atoms with Crippen LogP contribution in [0.3, 0.4) is 0 Å². The van der Waals surface area contributed by atoms with Crippen molar-refractivity contribution < 1.29 is 13.2 Å². The van der Waals surface area contributed by atoms with Gasteiger partial charge >= 0.3 is 0 Å². The highest BCUT2D eigenvalue weighted by molar-refractivity contribution is 7.91. The van der Waals surface area contributed by atoms with Gasteiger partial charge in [0.15, 0.2) is 9.84 Å². The van der Waals surface area contributed by atoms with Gasteiger partial charge in [0, 0.05) is 6.54 Å². The molecule has 0 aromatic heterocycles. The van der Waals surface area contributed by atoms with Gasteiger partial charge in [-0.15, -0.1) is 0 Å². The fraction of sp³-hybridized carbons (Fsp3) is 0.889. The molecule has 1 amide bonds. The lowest BCUT2D eigenvalue weighted by Gasteiger charge is -2.12. The fourth-order valence-corrected chi connectivity index (χ4v) is 3.25. The normalized spacial score (nSPS) is 26.1. The van der Waals surface area contributed by atoms with Crippen LogP contribution >= 0.6 is 0 Å². The van der Waals surface area contributed by atoms with E-state index in [1.807, 2.05) is 6.92 Å². The first-order valence-electron chi connectivity index (χ1n) is 5.13. The minimum atomic E-state index is -2.97. The predicted molar refractivity (Wildman–Crippen MR) is 58.0 cm³/mol. The Morgan fingerprint density at radius 2 is 2.27 bits per heavy atom. The van der Waals surface area contributed by atoms with E-state index >= 15 is 0 Å². The standard InChI is InChI=1S/C9H18N2O3S/c1-7(4-10)5-11-9(12)8-2-3-15(13,14)6-8/h7-8H,2-6,10H2,1H3,(H,11,12). The summed E-state index contributed by atoms with van der Waals surface area (Å²) in [5, 5.41) is 2.73. The summed E-state index contributed by atoms with van der Waals surface area (Å²) in [6.45, 7) is 2.97. The van der Waals surface area contributed by atoms with Crippen molar-refractivity contribution in [1.29, 1.82) is 0 Å². The van der Waals surface area contributed by atoms with E-state index in [0.29, 0.717) is 19.5 Å². The van der Waals surface area contributed by atoms with Crippen molar-refractivity contribution in [3.63, 3.8) is 0 Å². The van der Waals surface area contributed by atoms with Crippen LogP contribution in [0.25, 0.3) is 0 Å². The van der Waals surface area contributed by atoms with Gasteiger partial charge in [0.05, 0.1) is 17.4 Å². The molecular formula is C9H18N2O3S. The van der Waals surface area contributed by atoms with E-state index in [1.165, 1.54) is 0 Å². The Kier molecular flexibility index (Phi) is 4.10. The van der Waals surface area contributed by atoms with E-state index in [1.54, 1.807) is 0 Å². The minimum Gasteiger partial charge on any atom is -0.356 e. The molecule has 1 saturated heterocycles. The van der Waals surface area contributed by atoms with Crippen molar-refractivity contribution in [3.8, 4) is 0 Å². The Hall–Kier alpha value is -0.620. The molecule has 5 nitrogen and oxygen atoms in total. The van der Waals surface area contributed by atoms with Crippen LogP contribution in [0.5, 0.6) is 0 Å². The van der Waals surface area contributed by atoms with Gasteiger partial charge in [0.2, 0.25) is 5.91 Å². The number of amides is 1. The second-order valence-corrected chi connectivity index (χ2v) is 6.41. The summed E-state index contributed by atoms with van der Waals surface area (Å²) in [6.07, 6.45) is 0.450. The summed E-state index contributed by atoms with van der Waals surface area (Å²) in [4.78, 5) is 11.5. The number of rotatable bonds is 4. The van der Waals surface area contributed by atoms with Crippen molar-refractivity contribution in [3.05, 3.63) is 0 Å². The third-order valence-electron chi connectivity index (χ3n) is 2.63. The van der Waals surface area contributed by atoms with Crippen LogP contribution in [0.15, 0.2) is 0 Å². The molecule has 0 radical (unpaired) electrons. The molecule has 3 N–H and O–H groups in total. The smallest absolute Gasteiger partial charge is 0.224 e. The number of carbonyl (C=O) groups excluding carboxylic acids is 1. The quantitative estimate of drug-likeness (QED) is 0.662. The first-order chi connectivity index (χ1) is 6.94. The zero-order valence-electron chi connectivity index (χ0n) is 8.90. The molecular weight excluding hydrogens is 216 g/mol. The van der Waals surface area contributed by atoms with Crippen molar-refractivity contribution >= 4 is 15.7 Å². The molecule has 88 valence electrons. The lowest BCUT2D eigenvalue weighted by atomic mass is 10.1. The zero-order valence-corrected chi connectivity index (χ0v) is 9.72. The summed E-state index contributed by atoms with van der Waals surface area (Å²) >= 11 is 0. The van der Waals surface area contributed by atoms with Crippen LogP contribution in [-0.2, 0) is 14.6 Å². The molecule has 0 bridgehead atoms. The number of nitrogens with two attached hydrogens (primary N) is 1. The van der Waals surface area contributed by atoms with Crippen LogP contribution in [0.4, 0.5) is 0 Å². The number of hydrogen-bond acceptors (Lipinski definition) is 4. The van der Waals surface area contributed by atoms with Crippen molar-refractivity contribution in [2.24, 2.45) is 17.6 Å². The van der Waals surface area contributed by atoms with Gasteiger partial charge in [-0.05, 0) is 18.9 Å². The Morgan fingerprint density at radius 1 is 1.60 bits per heavy atom. The number of hydrogen-bond donors (Lipinski definition) is 2. The third kappa shape index (κ3) is 3.79. The molecule has 0 aliphatic carbocycles. The molecule has 1 aliphatic rings. The molecule has 0 aromatic rings. The Labute approximate surface area is 90.3 Å². The van der Waals surface area contributed by atoms with Gasteiger partial charge in [-0.3, -0.25) is 4.79 Å². The van der Waals surface area contributed by atoms with Crippen LogP contribution in [0.2, 0.25) is 0 Å². The molecule has 15 heavy (non-hydrogen) atoms. The Balaban J connectivity index is 2.36. The van der Waals surface area contributed by atoms with Crippen LogP contribution in [0, 0.1) is 11.8 Å². The lowest BCUT2D eigenvalue weighted by Crippen LogP contribution is -2.36. The van der Waals surface area contributed by atoms with Gasteiger partial charge in [0.25, 0.3) is 0 Å². The molecule has 0 spiro atoms. The van der Waals surface area contributed by atoms with Crippen LogP contribution in [0.1, 0.15) is 13.3 Å². The van der Waals surface area contributed by atoms with Gasteiger partial charge in [-0.1, -0.05) is 6.92 Å². The largest absolute Gasteiger partial charge is 0.356 e. The van der Waals surface area contributed by atoms with Crippen molar-refractivity contribution in [1.82, 2.24) is 5.32 Å². The molecule has 2 atom stereocenters. The van der Waals surface area contributed by atoms with Crippen LogP contribution in [-0.4, -0.2) is 38.9 Å². The van der Waals surface area contributed by atoms with Crippen molar-refractivity contribution in [2.75, 3.05) is 24.6 Å². The highest BCUT2D eigenvalue weighted by atomic mass is 32.2. The average molecular weight is 234 g/mol. The maximum Gasteiger partial charge on any atom is 0.224 e. The maximum atomic E-state index is 11.5. The van der Waals surface area contributed by atoms with Crippen LogP contribution < -0.4 is 11.1 Å². The first-order valence-corrected chi connectivity index (χ1v) is 6.95. The molecule has 1 heterocycles. The van der Waals surface area contributed by atoms with E-state index in [2.05, 4.69) is 5.32 Å². The first kappa shape index (κ1) is 12.4. The molecule has 6 heteroatoms. The van der Waals surface area contributed by atoms with Gasteiger partial charge in [-0.2, -0.15) is 0 Å². The molecule has 0 aromatic carbocycles. The van der Waals surface area contributed by atoms with Gasteiger partial charge in [-0.25, -0.2) is 8.42 Å². The molecule has 1 fully saturated rings. The topological polar surface area (TPSA) is 89.3 Å². The Morgan fingerprint density at radius 3 is 2.73 bits per heavy atom. The minimum absolute atomic E-state index is 0.00413. The SMILES string of the molecule is CC(CN)CNC(=O)C1CCS(=O)(=O)C1. The summed E-state index contributed by atoms with van der Waals surface area (Å²) in [7, 11) is -2.97. The number of sulfone groups is 1. The summed E-state index contributed by atoms with van der Waals surface area (Å²) in [6, 6.07) is 0.